The molecule has 1 N–H and O–H groups in total. The fourth-order valence-corrected chi connectivity index (χ4v) is 2.97. The Morgan fingerprint density at radius 1 is 1.45 bits per heavy atom. The molecule has 0 amide bonds. The molecule has 0 radical (unpaired) electrons. The number of alkyl halides is 3. The summed E-state index contributed by atoms with van der Waals surface area (Å²) in [6, 6.07) is 1.92. The zero-order chi connectivity index (χ0) is 15.7. The van der Waals surface area contributed by atoms with Crippen molar-refractivity contribution in [2.75, 3.05) is 13.6 Å². The van der Waals surface area contributed by atoms with Crippen LogP contribution in [-0.2, 0) is 25.7 Å². The van der Waals surface area contributed by atoms with Gasteiger partial charge < -0.3 is 9.47 Å². The van der Waals surface area contributed by atoms with Crippen LogP contribution in [0.3, 0.4) is 0 Å². The molecule has 3 rings (SSSR count). The molecule has 8 heteroatoms. The third-order valence-electron chi connectivity index (χ3n) is 3.95. The summed E-state index contributed by atoms with van der Waals surface area (Å²) in [4.78, 5) is 5.87. The molecule has 2 aromatic heterocycles. The molecular weight excluding hydrogens is 295 g/mol. The first kappa shape index (κ1) is 15.1. The fourth-order valence-electron chi connectivity index (χ4n) is 2.97. The molecule has 0 aromatic carbocycles. The van der Waals surface area contributed by atoms with E-state index in [4.69, 9.17) is 0 Å². The third-order valence-corrected chi connectivity index (χ3v) is 3.95. The molecule has 1 unspecified atom stereocenters. The molecular formula is C14H18F3N5. The number of imidazole rings is 1. The lowest BCUT2D eigenvalue weighted by atomic mass is 9.99. The van der Waals surface area contributed by atoms with Crippen LogP contribution in [0.4, 0.5) is 13.2 Å². The highest BCUT2D eigenvalue weighted by Gasteiger charge is 2.35. The lowest BCUT2D eigenvalue weighted by molar-refractivity contribution is -0.141. The van der Waals surface area contributed by atoms with Crippen LogP contribution in [0.5, 0.6) is 0 Å². The topological polar surface area (TPSA) is 49.7 Å². The van der Waals surface area contributed by atoms with E-state index < -0.39 is 11.9 Å². The van der Waals surface area contributed by atoms with Gasteiger partial charge in [-0.25, -0.2) is 4.98 Å². The minimum absolute atomic E-state index is 0.329. The molecule has 0 fully saturated rings. The summed E-state index contributed by atoms with van der Waals surface area (Å²) >= 11 is 0. The van der Waals surface area contributed by atoms with E-state index in [1.54, 1.807) is 10.8 Å². The SMILES string of the molecule is CN(Cc1ccn[nH]1)CC1CCc2nc(C(F)(F)F)cn2C1. The van der Waals surface area contributed by atoms with Crippen molar-refractivity contribution in [1.82, 2.24) is 24.6 Å². The molecule has 0 saturated carbocycles. The van der Waals surface area contributed by atoms with E-state index in [-0.39, 0.29) is 0 Å². The molecule has 0 aliphatic carbocycles. The van der Waals surface area contributed by atoms with E-state index in [0.717, 1.165) is 31.4 Å². The van der Waals surface area contributed by atoms with Crippen molar-refractivity contribution in [1.29, 1.82) is 0 Å². The van der Waals surface area contributed by atoms with E-state index in [9.17, 15) is 13.2 Å². The van der Waals surface area contributed by atoms with Gasteiger partial charge in [0.2, 0.25) is 0 Å². The first-order chi connectivity index (χ1) is 10.4. The zero-order valence-electron chi connectivity index (χ0n) is 12.3. The molecule has 1 atom stereocenters. The molecule has 0 spiro atoms. The van der Waals surface area contributed by atoms with Gasteiger partial charge in [-0.2, -0.15) is 18.3 Å². The second kappa shape index (κ2) is 5.75. The van der Waals surface area contributed by atoms with Crippen LogP contribution in [0, 0.1) is 5.92 Å². The quantitative estimate of drug-likeness (QED) is 0.942. The van der Waals surface area contributed by atoms with Gasteiger partial charge in [0.25, 0.3) is 0 Å². The second-order valence-corrected chi connectivity index (χ2v) is 5.88. The maximum absolute atomic E-state index is 12.7. The third kappa shape index (κ3) is 3.32. The predicted molar refractivity (Wildman–Crippen MR) is 74.0 cm³/mol. The van der Waals surface area contributed by atoms with Crippen molar-refractivity contribution in [3.8, 4) is 0 Å². The number of aryl methyl sites for hydroxylation is 1. The summed E-state index contributed by atoms with van der Waals surface area (Å²) < 4.78 is 39.8. The Bertz CT molecular complexity index is 617. The van der Waals surface area contributed by atoms with Gasteiger partial charge >= 0.3 is 6.18 Å². The molecule has 22 heavy (non-hydrogen) atoms. The van der Waals surface area contributed by atoms with Gasteiger partial charge in [-0.05, 0) is 25.5 Å². The van der Waals surface area contributed by atoms with Crippen molar-refractivity contribution in [3.63, 3.8) is 0 Å². The number of nitrogens with one attached hydrogen (secondary N) is 1. The van der Waals surface area contributed by atoms with Crippen LogP contribution >= 0.6 is 0 Å². The van der Waals surface area contributed by atoms with Gasteiger partial charge in [-0.15, -0.1) is 0 Å². The number of halogens is 3. The largest absolute Gasteiger partial charge is 0.434 e. The zero-order valence-corrected chi connectivity index (χ0v) is 12.3. The Labute approximate surface area is 126 Å². The number of hydrogen-bond donors (Lipinski definition) is 1. The minimum atomic E-state index is -4.36. The molecule has 0 saturated heterocycles. The van der Waals surface area contributed by atoms with Crippen LogP contribution in [-0.4, -0.2) is 38.2 Å². The number of aromatic amines is 1. The Kier molecular flexibility index (Phi) is 3.94. The minimum Gasteiger partial charge on any atom is -0.334 e. The van der Waals surface area contributed by atoms with Crippen LogP contribution in [0.25, 0.3) is 0 Å². The molecule has 1 aliphatic heterocycles. The number of hydrogen-bond acceptors (Lipinski definition) is 3. The average Bonchev–Trinajstić information content (AvgIpc) is 3.06. The van der Waals surface area contributed by atoms with Gasteiger partial charge in [-0.3, -0.25) is 5.10 Å². The highest BCUT2D eigenvalue weighted by molar-refractivity contribution is 5.10. The summed E-state index contributed by atoms with van der Waals surface area (Å²) in [5, 5.41) is 6.82. The highest BCUT2D eigenvalue weighted by Crippen LogP contribution is 2.30. The lowest BCUT2D eigenvalue weighted by Gasteiger charge is -2.27. The second-order valence-electron chi connectivity index (χ2n) is 5.88. The predicted octanol–water partition coefficient (Wildman–Crippen LogP) is 2.32. The van der Waals surface area contributed by atoms with E-state index >= 15 is 0 Å². The maximum atomic E-state index is 12.7. The smallest absolute Gasteiger partial charge is 0.334 e. The number of H-pyrrole nitrogens is 1. The van der Waals surface area contributed by atoms with Gasteiger partial charge in [-0.1, -0.05) is 0 Å². The molecule has 0 bridgehead atoms. The summed E-state index contributed by atoms with van der Waals surface area (Å²) in [5.41, 5.74) is 0.245. The van der Waals surface area contributed by atoms with Gasteiger partial charge in [0.15, 0.2) is 5.69 Å². The van der Waals surface area contributed by atoms with Crippen LogP contribution in [0.2, 0.25) is 0 Å². The van der Waals surface area contributed by atoms with Crippen molar-refractivity contribution in [2.24, 2.45) is 5.92 Å². The van der Waals surface area contributed by atoms with E-state index in [0.29, 0.717) is 24.7 Å². The van der Waals surface area contributed by atoms with Gasteiger partial charge in [0, 0.05) is 44.1 Å². The Balaban J connectivity index is 1.60. The van der Waals surface area contributed by atoms with Crippen molar-refractivity contribution in [2.45, 2.75) is 32.1 Å². The van der Waals surface area contributed by atoms with E-state index in [2.05, 4.69) is 20.1 Å². The molecule has 1 aliphatic rings. The Hall–Kier alpha value is -1.83. The first-order valence-electron chi connectivity index (χ1n) is 7.22. The lowest BCUT2D eigenvalue weighted by Crippen LogP contribution is -2.31. The molecule has 120 valence electrons. The summed E-state index contributed by atoms with van der Waals surface area (Å²) in [6.45, 7) is 2.17. The normalized spacial score (nSPS) is 18.7. The van der Waals surface area contributed by atoms with Crippen molar-refractivity contribution < 1.29 is 13.2 Å². The summed E-state index contributed by atoms with van der Waals surface area (Å²) in [5.74, 6) is 0.871. The van der Waals surface area contributed by atoms with E-state index in [1.165, 1.54) is 0 Å². The highest BCUT2D eigenvalue weighted by atomic mass is 19.4. The Morgan fingerprint density at radius 3 is 2.95 bits per heavy atom. The number of aromatic nitrogens is 4. The number of fused-ring (bicyclic) bond motifs is 1. The molecule has 2 aromatic rings. The van der Waals surface area contributed by atoms with Gasteiger partial charge in [0.05, 0.1) is 0 Å². The number of rotatable bonds is 4. The van der Waals surface area contributed by atoms with Crippen molar-refractivity contribution >= 4 is 0 Å². The van der Waals surface area contributed by atoms with Crippen LogP contribution in [0.15, 0.2) is 18.5 Å². The maximum Gasteiger partial charge on any atom is 0.434 e. The number of nitrogens with zero attached hydrogens (tertiary/aromatic N) is 4. The average molecular weight is 313 g/mol. The standard InChI is InChI=1S/C14H18F3N5/c1-21(8-11-4-5-18-20-11)6-10-2-3-13-19-12(14(15,16)17)9-22(13)7-10/h4-5,9-10H,2-3,6-8H2,1H3,(H,18,20). The van der Waals surface area contributed by atoms with Crippen LogP contribution < -0.4 is 0 Å². The Morgan fingerprint density at radius 2 is 2.27 bits per heavy atom. The molecule has 5 nitrogen and oxygen atoms in total. The summed E-state index contributed by atoms with van der Waals surface area (Å²) in [7, 11) is 2.01. The fraction of sp³-hybridized carbons (Fsp3) is 0.571. The van der Waals surface area contributed by atoms with E-state index in [1.807, 2.05) is 13.1 Å². The van der Waals surface area contributed by atoms with Crippen LogP contribution in [0.1, 0.15) is 23.6 Å². The van der Waals surface area contributed by atoms with Gasteiger partial charge in [0.1, 0.15) is 5.82 Å². The first-order valence-corrected chi connectivity index (χ1v) is 7.22. The monoisotopic (exact) mass is 313 g/mol. The van der Waals surface area contributed by atoms with Crippen molar-refractivity contribution in [3.05, 3.63) is 35.7 Å². The molecule has 3 heterocycles. The summed E-state index contributed by atoms with van der Waals surface area (Å²) in [6.07, 6.45) is -0.0614.